The summed E-state index contributed by atoms with van der Waals surface area (Å²) >= 11 is 5.01. The van der Waals surface area contributed by atoms with E-state index in [1.165, 1.54) is 11.3 Å². The maximum Gasteiger partial charge on any atom is 0.210 e. The van der Waals surface area contributed by atoms with Crippen LogP contribution in [0.25, 0.3) is 10.8 Å². The van der Waals surface area contributed by atoms with Crippen LogP contribution >= 0.6 is 27.3 Å². The molecule has 3 heterocycles. The highest BCUT2D eigenvalue weighted by Gasteiger charge is 2.24. The molecule has 1 N–H and O–H groups in total. The van der Waals surface area contributed by atoms with Crippen molar-refractivity contribution >= 4 is 32.4 Å². The molecular formula is C14H14BrN7OS. The smallest absolute Gasteiger partial charge is 0.210 e. The number of rotatable bonds is 4. The van der Waals surface area contributed by atoms with E-state index in [-0.39, 0.29) is 6.10 Å². The number of aromatic nitrogens is 6. The standard InChI is InChI=1S/C14H14BrN7OS/c15-10-3-1-2-4-11(10)23-9-5-7-22(8-6-9)14-19-18-13(24-14)12-16-20-21-17-12/h1-4,9H,5-8H2,(H,16,17,20,21). The monoisotopic (exact) mass is 407 g/mol. The van der Waals surface area contributed by atoms with Crippen molar-refractivity contribution in [3.05, 3.63) is 28.7 Å². The lowest BCUT2D eigenvalue weighted by molar-refractivity contribution is 0.170. The maximum absolute atomic E-state index is 6.10. The van der Waals surface area contributed by atoms with Gasteiger partial charge in [0.1, 0.15) is 11.9 Å². The molecule has 1 aliphatic rings. The van der Waals surface area contributed by atoms with Crippen molar-refractivity contribution in [2.45, 2.75) is 18.9 Å². The second-order valence-corrected chi connectivity index (χ2v) is 7.18. The molecule has 0 unspecified atom stereocenters. The highest BCUT2D eigenvalue weighted by molar-refractivity contribution is 9.10. The predicted octanol–water partition coefficient (Wildman–Crippen LogP) is 2.53. The van der Waals surface area contributed by atoms with Gasteiger partial charge in [-0.15, -0.1) is 15.3 Å². The number of H-pyrrole nitrogens is 1. The molecule has 0 amide bonds. The summed E-state index contributed by atoms with van der Waals surface area (Å²) in [5.74, 6) is 1.44. The van der Waals surface area contributed by atoms with E-state index in [4.69, 9.17) is 4.74 Å². The number of halogens is 1. The Balaban J connectivity index is 1.37. The third-order valence-electron chi connectivity index (χ3n) is 3.81. The summed E-state index contributed by atoms with van der Waals surface area (Å²) in [6.07, 6.45) is 2.10. The summed E-state index contributed by atoms with van der Waals surface area (Å²) in [5.41, 5.74) is 0. The normalized spacial score (nSPS) is 15.6. The number of para-hydroxylation sites is 1. The fourth-order valence-corrected chi connectivity index (χ4v) is 3.78. The highest BCUT2D eigenvalue weighted by Crippen LogP contribution is 2.30. The third kappa shape index (κ3) is 3.24. The van der Waals surface area contributed by atoms with Crippen LogP contribution in [0.5, 0.6) is 5.75 Å². The van der Waals surface area contributed by atoms with Crippen LogP contribution in [0.1, 0.15) is 12.8 Å². The van der Waals surface area contributed by atoms with Crippen LogP contribution < -0.4 is 9.64 Å². The zero-order chi connectivity index (χ0) is 16.4. The molecule has 1 aromatic carbocycles. The Morgan fingerprint density at radius 3 is 2.75 bits per heavy atom. The van der Waals surface area contributed by atoms with Crippen LogP contribution in [-0.4, -0.2) is 50.0 Å². The number of piperidine rings is 1. The van der Waals surface area contributed by atoms with Gasteiger partial charge in [0, 0.05) is 25.9 Å². The minimum Gasteiger partial charge on any atom is -0.489 e. The Kier molecular flexibility index (Phi) is 4.39. The van der Waals surface area contributed by atoms with Crippen molar-refractivity contribution in [3.8, 4) is 16.6 Å². The zero-order valence-electron chi connectivity index (χ0n) is 12.6. The quantitative estimate of drug-likeness (QED) is 0.709. The van der Waals surface area contributed by atoms with Gasteiger partial charge in [0.2, 0.25) is 11.0 Å². The summed E-state index contributed by atoms with van der Waals surface area (Å²) in [5, 5.41) is 23.7. The molecule has 24 heavy (non-hydrogen) atoms. The number of ether oxygens (including phenoxy) is 1. The fourth-order valence-electron chi connectivity index (χ4n) is 2.57. The van der Waals surface area contributed by atoms with Crippen molar-refractivity contribution in [1.82, 2.24) is 30.8 Å². The van der Waals surface area contributed by atoms with E-state index in [1.807, 2.05) is 24.3 Å². The molecule has 0 bridgehead atoms. The average molecular weight is 408 g/mol. The number of anilines is 1. The van der Waals surface area contributed by atoms with Crippen LogP contribution in [0, 0.1) is 0 Å². The first-order valence-electron chi connectivity index (χ1n) is 7.53. The highest BCUT2D eigenvalue weighted by atomic mass is 79.9. The number of nitrogens with one attached hydrogen (secondary N) is 1. The molecule has 0 aliphatic carbocycles. The first-order valence-corrected chi connectivity index (χ1v) is 9.14. The molecule has 0 atom stereocenters. The molecule has 3 aromatic rings. The van der Waals surface area contributed by atoms with Crippen LogP contribution in [0.15, 0.2) is 28.7 Å². The van der Waals surface area contributed by atoms with Crippen molar-refractivity contribution in [1.29, 1.82) is 0 Å². The van der Waals surface area contributed by atoms with E-state index in [0.717, 1.165) is 41.3 Å². The zero-order valence-corrected chi connectivity index (χ0v) is 15.0. The molecule has 8 nitrogen and oxygen atoms in total. The molecular weight excluding hydrogens is 394 g/mol. The second kappa shape index (κ2) is 6.81. The van der Waals surface area contributed by atoms with Gasteiger partial charge >= 0.3 is 0 Å². The first-order chi connectivity index (χ1) is 11.8. The topological polar surface area (TPSA) is 92.7 Å². The van der Waals surface area contributed by atoms with Crippen LogP contribution in [-0.2, 0) is 0 Å². The lowest BCUT2D eigenvalue weighted by Gasteiger charge is -2.31. The number of tetrazole rings is 1. The van der Waals surface area contributed by atoms with Crippen molar-refractivity contribution in [2.24, 2.45) is 0 Å². The fraction of sp³-hybridized carbons (Fsp3) is 0.357. The van der Waals surface area contributed by atoms with Gasteiger partial charge in [0.15, 0.2) is 5.01 Å². The van der Waals surface area contributed by atoms with Crippen LogP contribution in [0.4, 0.5) is 5.13 Å². The predicted molar refractivity (Wildman–Crippen MR) is 93.1 cm³/mol. The van der Waals surface area contributed by atoms with E-state index in [0.29, 0.717) is 10.8 Å². The second-order valence-electron chi connectivity index (χ2n) is 5.37. The Hall–Kier alpha value is -2.07. The molecule has 124 valence electrons. The Morgan fingerprint density at radius 2 is 2.00 bits per heavy atom. The molecule has 1 aliphatic heterocycles. The molecule has 1 saturated heterocycles. The average Bonchev–Trinajstić information content (AvgIpc) is 3.29. The van der Waals surface area contributed by atoms with Crippen LogP contribution in [0.2, 0.25) is 0 Å². The van der Waals surface area contributed by atoms with E-state index in [2.05, 4.69) is 51.7 Å². The number of hydrogen-bond acceptors (Lipinski definition) is 8. The van der Waals surface area contributed by atoms with Gasteiger partial charge in [0.25, 0.3) is 0 Å². The Labute approximate surface area is 150 Å². The van der Waals surface area contributed by atoms with E-state index in [9.17, 15) is 0 Å². The molecule has 10 heteroatoms. The van der Waals surface area contributed by atoms with E-state index in [1.54, 1.807) is 0 Å². The lowest BCUT2D eigenvalue weighted by Crippen LogP contribution is -2.38. The SMILES string of the molecule is Brc1ccccc1OC1CCN(c2nnc(-c3nnn[nH]3)s2)CC1. The number of hydrogen-bond donors (Lipinski definition) is 1. The summed E-state index contributed by atoms with van der Waals surface area (Å²) in [7, 11) is 0. The van der Waals surface area contributed by atoms with Gasteiger partial charge in [-0.3, -0.25) is 0 Å². The van der Waals surface area contributed by atoms with Gasteiger partial charge in [-0.05, 0) is 38.5 Å². The summed E-state index contributed by atoms with van der Waals surface area (Å²) in [6, 6.07) is 7.94. The lowest BCUT2D eigenvalue weighted by atomic mass is 10.1. The molecule has 4 rings (SSSR count). The molecule has 2 aromatic heterocycles. The summed E-state index contributed by atoms with van der Waals surface area (Å²) in [4.78, 5) is 2.23. The summed E-state index contributed by atoms with van der Waals surface area (Å²) in [6.45, 7) is 1.77. The van der Waals surface area contributed by atoms with E-state index >= 15 is 0 Å². The van der Waals surface area contributed by atoms with Crippen molar-refractivity contribution in [3.63, 3.8) is 0 Å². The van der Waals surface area contributed by atoms with Gasteiger partial charge in [-0.1, -0.05) is 23.5 Å². The van der Waals surface area contributed by atoms with Gasteiger partial charge in [-0.2, -0.15) is 0 Å². The van der Waals surface area contributed by atoms with E-state index < -0.39 is 0 Å². The summed E-state index contributed by atoms with van der Waals surface area (Å²) < 4.78 is 7.08. The van der Waals surface area contributed by atoms with Gasteiger partial charge in [-0.25, -0.2) is 5.10 Å². The molecule has 0 radical (unpaired) electrons. The van der Waals surface area contributed by atoms with Gasteiger partial charge < -0.3 is 9.64 Å². The first kappa shape index (κ1) is 15.5. The minimum absolute atomic E-state index is 0.214. The van der Waals surface area contributed by atoms with Gasteiger partial charge in [0.05, 0.1) is 4.47 Å². The Morgan fingerprint density at radius 1 is 1.17 bits per heavy atom. The Bertz CT molecular complexity index is 801. The number of aromatic amines is 1. The molecule has 0 spiro atoms. The largest absolute Gasteiger partial charge is 0.489 e. The number of nitrogens with zero attached hydrogens (tertiary/aromatic N) is 6. The molecule has 0 saturated carbocycles. The van der Waals surface area contributed by atoms with Crippen molar-refractivity contribution < 1.29 is 4.74 Å². The third-order valence-corrected chi connectivity index (χ3v) is 5.45. The number of benzene rings is 1. The van der Waals surface area contributed by atoms with Crippen molar-refractivity contribution in [2.75, 3.05) is 18.0 Å². The molecule has 1 fully saturated rings. The minimum atomic E-state index is 0.214. The van der Waals surface area contributed by atoms with Crippen LogP contribution in [0.3, 0.4) is 0 Å². The maximum atomic E-state index is 6.10.